The van der Waals surface area contributed by atoms with Gasteiger partial charge in [-0.1, -0.05) is 0 Å². The first-order valence-corrected chi connectivity index (χ1v) is 6.78. The van der Waals surface area contributed by atoms with Crippen LogP contribution in [-0.2, 0) is 16.4 Å². The second-order valence-corrected chi connectivity index (χ2v) is 5.85. The largest absolute Gasteiger partial charge is 0.355 e. The molecule has 0 aromatic heterocycles. The number of benzene rings is 1. The average Bonchev–Trinajstić information content (AvgIpc) is 2.71. The summed E-state index contributed by atoms with van der Waals surface area (Å²) in [5.41, 5.74) is 1.29. The summed E-state index contributed by atoms with van der Waals surface area (Å²) < 4.78 is 48.5. The summed E-state index contributed by atoms with van der Waals surface area (Å²) in [6, 6.07) is 4.40. The number of halogens is 2. The van der Waals surface area contributed by atoms with E-state index in [1.165, 1.54) is 19.1 Å². The number of anilines is 1. The summed E-state index contributed by atoms with van der Waals surface area (Å²) >= 11 is 0. The number of rotatable bonds is 3. The lowest BCUT2D eigenvalue weighted by atomic mass is 10.1. The summed E-state index contributed by atoms with van der Waals surface area (Å²) in [7, 11) is -4.61. The van der Waals surface area contributed by atoms with Crippen LogP contribution in [0, 0.1) is 0 Å². The van der Waals surface area contributed by atoms with Gasteiger partial charge >= 0.3 is 5.76 Å². The van der Waals surface area contributed by atoms with Crippen LogP contribution in [0.5, 0.6) is 0 Å². The maximum Gasteiger partial charge on any atom is 0.355 e. The zero-order chi connectivity index (χ0) is 13.5. The van der Waals surface area contributed by atoms with E-state index in [1.54, 1.807) is 6.07 Å². The number of nitrogens with zero attached hydrogens (tertiary/aromatic N) is 1. The SMILES string of the molecule is CC(=O)c1ccc2c(c1)CCN2S(=O)(=O)C(F)F. The van der Waals surface area contributed by atoms with E-state index in [4.69, 9.17) is 0 Å². The van der Waals surface area contributed by atoms with Crippen molar-refractivity contribution in [1.82, 2.24) is 0 Å². The van der Waals surface area contributed by atoms with E-state index in [1.807, 2.05) is 0 Å². The molecule has 0 saturated heterocycles. The van der Waals surface area contributed by atoms with Crippen molar-refractivity contribution in [2.75, 3.05) is 10.8 Å². The predicted octanol–water partition coefficient (Wildman–Crippen LogP) is 1.80. The number of ketones is 1. The highest BCUT2D eigenvalue weighted by Crippen LogP contribution is 2.32. The Balaban J connectivity index is 2.44. The number of Topliss-reactive ketones (excluding diaryl/α,β-unsaturated/α-hetero) is 1. The van der Waals surface area contributed by atoms with Gasteiger partial charge in [-0.3, -0.25) is 9.10 Å². The van der Waals surface area contributed by atoms with Gasteiger partial charge < -0.3 is 0 Å². The molecule has 1 aromatic rings. The molecule has 0 atom stereocenters. The summed E-state index contributed by atoms with van der Waals surface area (Å²) in [5, 5.41) is 0. The summed E-state index contributed by atoms with van der Waals surface area (Å²) in [6.07, 6.45) is 0.336. The van der Waals surface area contributed by atoms with Gasteiger partial charge in [0, 0.05) is 12.1 Å². The number of fused-ring (bicyclic) bond motifs is 1. The fourth-order valence-corrected chi connectivity index (χ4v) is 2.94. The van der Waals surface area contributed by atoms with Crippen molar-refractivity contribution >= 4 is 21.5 Å². The van der Waals surface area contributed by atoms with Crippen molar-refractivity contribution < 1.29 is 22.0 Å². The molecule has 0 radical (unpaired) electrons. The second kappa shape index (κ2) is 4.31. The molecule has 4 nitrogen and oxygen atoms in total. The number of carbonyl (C=O) groups is 1. The number of sulfonamides is 1. The zero-order valence-electron chi connectivity index (χ0n) is 9.56. The standard InChI is InChI=1S/C11H11F2NO3S/c1-7(15)8-2-3-10-9(6-8)4-5-14(10)18(16,17)11(12)13/h2-3,6,11H,4-5H2,1H3. The Labute approximate surface area is 103 Å². The first-order chi connectivity index (χ1) is 8.34. The maximum absolute atomic E-state index is 12.5. The fourth-order valence-electron chi connectivity index (χ4n) is 1.95. The molecule has 18 heavy (non-hydrogen) atoms. The Bertz CT molecular complexity index is 598. The number of carbonyl (C=O) groups excluding carboxylic acids is 1. The number of hydrogen-bond donors (Lipinski definition) is 0. The van der Waals surface area contributed by atoms with Crippen molar-refractivity contribution in [2.45, 2.75) is 19.1 Å². The van der Waals surface area contributed by atoms with Gasteiger partial charge in [0.25, 0.3) is 10.0 Å². The van der Waals surface area contributed by atoms with E-state index >= 15 is 0 Å². The van der Waals surface area contributed by atoms with Gasteiger partial charge in [0.2, 0.25) is 0 Å². The van der Waals surface area contributed by atoms with Crippen molar-refractivity contribution in [3.63, 3.8) is 0 Å². The lowest BCUT2D eigenvalue weighted by Crippen LogP contribution is -2.33. The Morgan fingerprint density at radius 2 is 2.06 bits per heavy atom. The van der Waals surface area contributed by atoms with Gasteiger partial charge in [0.1, 0.15) is 0 Å². The third kappa shape index (κ3) is 1.98. The normalized spacial score (nSPS) is 15.0. The van der Waals surface area contributed by atoms with E-state index in [-0.39, 0.29) is 18.0 Å². The Kier molecular flexibility index (Phi) is 3.10. The first-order valence-electron chi connectivity index (χ1n) is 5.27. The molecule has 0 unspecified atom stereocenters. The lowest BCUT2D eigenvalue weighted by Gasteiger charge is -2.18. The minimum Gasteiger partial charge on any atom is -0.295 e. The molecule has 1 aliphatic rings. The highest BCUT2D eigenvalue weighted by Gasteiger charge is 2.36. The van der Waals surface area contributed by atoms with Gasteiger partial charge in [-0.2, -0.15) is 8.78 Å². The molecule has 0 N–H and O–H groups in total. The Morgan fingerprint density at radius 3 is 2.61 bits per heavy atom. The quantitative estimate of drug-likeness (QED) is 0.790. The number of hydrogen-bond acceptors (Lipinski definition) is 3. The van der Waals surface area contributed by atoms with Crippen LogP contribution < -0.4 is 4.31 Å². The number of alkyl halides is 2. The van der Waals surface area contributed by atoms with Gasteiger partial charge in [-0.25, -0.2) is 8.42 Å². The molecule has 1 aromatic carbocycles. The molecule has 0 aliphatic carbocycles. The topological polar surface area (TPSA) is 54.5 Å². The molecular weight excluding hydrogens is 264 g/mol. The average molecular weight is 275 g/mol. The second-order valence-electron chi connectivity index (χ2n) is 4.03. The Hall–Kier alpha value is -1.50. The maximum atomic E-state index is 12.5. The van der Waals surface area contributed by atoms with E-state index in [9.17, 15) is 22.0 Å². The van der Waals surface area contributed by atoms with Gasteiger partial charge in [0.15, 0.2) is 5.78 Å². The highest BCUT2D eigenvalue weighted by molar-refractivity contribution is 7.93. The molecular formula is C11H11F2NO3S. The lowest BCUT2D eigenvalue weighted by molar-refractivity contribution is 0.101. The molecule has 7 heteroatoms. The predicted molar refractivity (Wildman–Crippen MR) is 62.4 cm³/mol. The Morgan fingerprint density at radius 1 is 1.39 bits per heavy atom. The van der Waals surface area contributed by atoms with E-state index < -0.39 is 15.8 Å². The molecule has 0 saturated carbocycles. The summed E-state index contributed by atoms with van der Waals surface area (Å²) in [5.74, 6) is -3.58. The van der Waals surface area contributed by atoms with Crippen molar-refractivity contribution in [3.8, 4) is 0 Å². The van der Waals surface area contributed by atoms with E-state index in [0.717, 1.165) is 0 Å². The molecule has 0 amide bonds. The van der Waals surface area contributed by atoms with Crippen LogP contribution in [0.15, 0.2) is 18.2 Å². The molecule has 0 fully saturated rings. The molecule has 2 rings (SSSR count). The van der Waals surface area contributed by atoms with Crippen LogP contribution in [0.1, 0.15) is 22.8 Å². The summed E-state index contributed by atoms with van der Waals surface area (Å²) in [6.45, 7) is 1.38. The zero-order valence-corrected chi connectivity index (χ0v) is 10.4. The van der Waals surface area contributed by atoms with Gasteiger partial charge in [-0.05, 0) is 37.1 Å². The van der Waals surface area contributed by atoms with Crippen LogP contribution in [0.2, 0.25) is 0 Å². The molecule has 0 spiro atoms. The van der Waals surface area contributed by atoms with E-state index in [2.05, 4.69) is 0 Å². The third-order valence-corrected chi connectivity index (χ3v) is 4.32. The fraction of sp³-hybridized carbons (Fsp3) is 0.364. The van der Waals surface area contributed by atoms with Crippen molar-refractivity contribution in [1.29, 1.82) is 0 Å². The molecule has 0 bridgehead atoms. The van der Waals surface area contributed by atoms with Gasteiger partial charge in [0.05, 0.1) is 5.69 Å². The summed E-state index contributed by atoms with van der Waals surface area (Å²) in [4.78, 5) is 11.2. The van der Waals surface area contributed by atoms with Crippen LogP contribution in [0.3, 0.4) is 0 Å². The molecule has 98 valence electrons. The van der Waals surface area contributed by atoms with Crippen LogP contribution >= 0.6 is 0 Å². The van der Waals surface area contributed by atoms with Crippen LogP contribution in [-0.4, -0.2) is 26.5 Å². The van der Waals surface area contributed by atoms with Crippen LogP contribution in [0.25, 0.3) is 0 Å². The van der Waals surface area contributed by atoms with Crippen molar-refractivity contribution in [2.24, 2.45) is 0 Å². The van der Waals surface area contributed by atoms with Gasteiger partial charge in [-0.15, -0.1) is 0 Å². The third-order valence-electron chi connectivity index (χ3n) is 2.87. The minimum absolute atomic E-state index is 0.0106. The first kappa shape index (κ1) is 12.9. The van der Waals surface area contributed by atoms with Crippen LogP contribution in [0.4, 0.5) is 14.5 Å². The van der Waals surface area contributed by atoms with Crippen molar-refractivity contribution in [3.05, 3.63) is 29.3 Å². The highest BCUT2D eigenvalue weighted by atomic mass is 32.2. The smallest absolute Gasteiger partial charge is 0.295 e. The van der Waals surface area contributed by atoms with E-state index in [0.29, 0.717) is 21.9 Å². The minimum atomic E-state index is -4.61. The monoisotopic (exact) mass is 275 g/mol. The molecule has 1 heterocycles. The molecule has 1 aliphatic heterocycles.